The number of amides is 2. The summed E-state index contributed by atoms with van der Waals surface area (Å²) in [5.41, 5.74) is 5.00. The Kier molecular flexibility index (Phi) is 9.21. The van der Waals surface area contributed by atoms with Crippen LogP contribution in [0.15, 0.2) is 76.3 Å². The van der Waals surface area contributed by atoms with Crippen LogP contribution in [0.25, 0.3) is 0 Å². The van der Waals surface area contributed by atoms with Gasteiger partial charge in [-0.25, -0.2) is 5.43 Å². The highest BCUT2D eigenvalue weighted by Gasteiger charge is 2.09. The summed E-state index contributed by atoms with van der Waals surface area (Å²) in [5.74, 6) is -0.0941. The maximum absolute atomic E-state index is 12.0. The number of carbonyl (C=O) groups excluding carboxylic acids is 2. The summed E-state index contributed by atoms with van der Waals surface area (Å²) in [4.78, 5) is 24.0. The molecule has 2 amide bonds. The number of ether oxygens (including phenoxy) is 1. The second-order valence-electron chi connectivity index (χ2n) is 7.07. The number of anilines is 1. The molecule has 0 aromatic heterocycles. The fraction of sp³-hybridized carbons (Fsp3) is 0.120. The average molecular weight is 540 g/mol. The Bertz CT molecular complexity index is 1260. The third-order valence-corrected chi connectivity index (χ3v) is 5.56. The number of halogens is 2. The van der Waals surface area contributed by atoms with E-state index in [1.165, 1.54) is 6.21 Å². The first-order valence-electron chi connectivity index (χ1n) is 10.2. The standard InChI is InChI=1S/C25H20BrClN4O3/c26-20-13-17(9-10-23(20)34-16-19-6-2-1-5-18(19)14-28)15-29-31-25(33)12-11-24(32)30-22-8-4-3-7-21(22)27/h1-10,13,15H,11-12,16H2,(H,30,32)(H,31,33). The van der Waals surface area contributed by atoms with E-state index in [2.05, 4.69) is 37.8 Å². The summed E-state index contributed by atoms with van der Waals surface area (Å²) in [7, 11) is 0. The van der Waals surface area contributed by atoms with Gasteiger partial charge in [0.1, 0.15) is 12.4 Å². The van der Waals surface area contributed by atoms with Gasteiger partial charge in [0, 0.05) is 18.4 Å². The van der Waals surface area contributed by atoms with E-state index < -0.39 is 0 Å². The van der Waals surface area contributed by atoms with Crippen LogP contribution >= 0.6 is 27.5 Å². The summed E-state index contributed by atoms with van der Waals surface area (Å²) in [6.45, 7) is 0.260. The van der Waals surface area contributed by atoms with E-state index >= 15 is 0 Å². The van der Waals surface area contributed by atoms with Gasteiger partial charge in [-0.3, -0.25) is 9.59 Å². The molecule has 0 bridgehead atoms. The van der Waals surface area contributed by atoms with E-state index in [0.717, 1.165) is 11.1 Å². The molecule has 0 spiro atoms. The average Bonchev–Trinajstić information content (AvgIpc) is 2.84. The Balaban J connectivity index is 1.45. The molecule has 0 aliphatic heterocycles. The van der Waals surface area contributed by atoms with Crippen molar-refractivity contribution in [2.45, 2.75) is 19.4 Å². The number of benzene rings is 3. The minimum Gasteiger partial charge on any atom is -0.488 e. The van der Waals surface area contributed by atoms with Crippen LogP contribution < -0.4 is 15.5 Å². The van der Waals surface area contributed by atoms with Crippen LogP contribution in [0.3, 0.4) is 0 Å². The molecule has 0 fully saturated rings. The number of nitrogens with one attached hydrogen (secondary N) is 2. The molecule has 0 saturated heterocycles. The smallest absolute Gasteiger partial charge is 0.240 e. The molecule has 0 aliphatic rings. The number of nitriles is 1. The van der Waals surface area contributed by atoms with E-state index in [1.807, 2.05) is 12.1 Å². The van der Waals surface area contributed by atoms with Crippen molar-refractivity contribution in [2.24, 2.45) is 5.10 Å². The second kappa shape index (κ2) is 12.5. The van der Waals surface area contributed by atoms with Crippen molar-refractivity contribution in [3.05, 3.63) is 92.9 Å². The molecule has 0 heterocycles. The van der Waals surface area contributed by atoms with Gasteiger partial charge in [-0.2, -0.15) is 10.4 Å². The molecule has 7 nitrogen and oxygen atoms in total. The Morgan fingerprint density at radius 2 is 1.79 bits per heavy atom. The zero-order chi connectivity index (χ0) is 24.3. The van der Waals surface area contributed by atoms with Crippen molar-refractivity contribution < 1.29 is 14.3 Å². The first kappa shape index (κ1) is 25.0. The quantitative estimate of drug-likeness (QED) is 0.280. The van der Waals surface area contributed by atoms with E-state index in [4.69, 9.17) is 16.3 Å². The first-order chi connectivity index (χ1) is 16.5. The van der Waals surface area contributed by atoms with Crippen LogP contribution in [0.4, 0.5) is 5.69 Å². The molecule has 0 saturated carbocycles. The van der Waals surface area contributed by atoms with Crippen molar-refractivity contribution in [1.82, 2.24) is 5.43 Å². The number of nitrogens with zero attached hydrogens (tertiary/aromatic N) is 2. The highest BCUT2D eigenvalue weighted by Crippen LogP contribution is 2.27. The Morgan fingerprint density at radius 3 is 2.56 bits per heavy atom. The number of hydrogen-bond donors (Lipinski definition) is 2. The van der Waals surface area contributed by atoms with Crippen LogP contribution in [0, 0.1) is 11.3 Å². The van der Waals surface area contributed by atoms with Crippen LogP contribution in [0.5, 0.6) is 5.75 Å². The monoisotopic (exact) mass is 538 g/mol. The highest BCUT2D eigenvalue weighted by atomic mass is 79.9. The van der Waals surface area contributed by atoms with Gasteiger partial charge in [0.15, 0.2) is 0 Å². The lowest BCUT2D eigenvalue weighted by Crippen LogP contribution is -2.20. The lowest BCUT2D eigenvalue weighted by atomic mass is 10.1. The van der Waals surface area contributed by atoms with Gasteiger partial charge >= 0.3 is 0 Å². The van der Waals surface area contributed by atoms with Crippen molar-refractivity contribution in [3.63, 3.8) is 0 Å². The molecule has 34 heavy (non-hydrogen) atoms. The summed E-state index contributed by atoms with van der Waals surface area (Å²) in [5, 5.41) is 16.2. The normalized spacial score (nSPS) is 10.5. The minimum absolute atomic E-state index is 0.000902. The maximum Gasteiger partial charge on any atom is 0.240 e. The number of hydrazone groups is 1. The highest BCUT2D eigenvalue weighted by molar-refractivity contribution is 9.10. The van der Waals surface area contributed by atoms with Gasteiger partial charge in [0.05, 0.1) is 33.0 Å². The van der Waals surface area contributed by atoms with Gasteiger partial charge in [0.2, 0.25) is 11.8 Å². The molecule has 9 heteroatoms. The lowest BCUT2D eigenvalue weighted by Gasteiger charge is -2.10. The third-order valence-electron chi connectivity index (χ3n) is 4.61. The molecule has 2 N–H and O–H groups in total. The minimum atomic E-state index is -0.388. The fourth-order valence-electron chi connectivity index (χ4n) is 2.86. The molecule has 3 rings (SSSR count). The largest absolute Gasteiger partial charge is 0.488 e. The van der Waals surface area contributed by atoms with E-state index in [9.17, 15) is 14.9 Å². The first-order valence-corrected chi connectivity index (χ1v) is 11.4. The van der Waals surface area contributed by atoms with E-state index in [0.29, 0.717) is 26.5 Å². The molecular weight excluding hydrogens is 520 g/mol. The van der Waals surface area contributed by atoms with Crippen molar-refractivity contribution in [2.75, 3.05) is 5.32 Å². The molecule has 0 aliphatic carbocycles. The Hall–Kier alpha value is -3.67. The van der Waals surface area contributed by atoms with E-state index in [-0.39, 0.29) is 31.3 Å². The van der Waals surface area contributed by atoms with Gasteiger partial charge in [-0.1, -0.05) is 41.9 Å². The fourth-order valence-corrected chi connectivity index (χ4v) is 3.56. The maximum atomic E-state index is 12.0. The molecule has 0 unspecified atom stereocenters. The van der Waals surface area contributed by atoms with Crippen molar-refractivity contribution >= 4 is 51.2 Å². The molecule has 172 valence electrons. The lowest BCUT2D eigenvalue weighted by molar-refractivity contribution is -0.124. The topological polar surface area (TPSA) is 104 Å². The van der Waals surface area contributed by atoms with E-state index in [1.54, 1.807) is 54.6 Å². The van der Waals surface area contributed by atoms with Gasteiger partial charge in [-0.05, 0) is 57.9 Å². The molecule has 3 aromatic carbocycles. The third kappa shape index (κ3) is 7.44. The predicted molar refractivity (Wildman–Crippen MR) is 135 cm³/mol. The predicted octanol–water partition coefficient (Wildman–Crippen LogP) is 5.42. The number of hydrogen-bond acceptors (Lipinski definition) is 5. The van der Waals surface area contributed by atoms with Gasteiger partial charge in [0.25, 0.3) is 0 Å². The Labute approximate surface area is 210 Å². The SMILES string of the molecule is N#Cc1ccccc1COc1ccc(C=NNC(=O)CCC(=O)Nc2ccccc2Cl)cc1Br. The van der Waals surface area contributed by atoms with Crippen LogP contribution in [0.1, 0.15) is 29.5 Å². The van der Waals surface area contributed by atoms with Crippen molar-refractivity contribution in [3.8, 4) is 11.8 Å². The summed E-state index contributed by atoms with van der Waals surface area (Å²) >= 11 is 9.46. The van der Waals surface area contributed by atoms with Crippen LogP contribution in [-0.4, -0.2) is 18.0 Å². The summed E-state index contributed by atoms with van der Waals surface area (Å²) < 4.78 is 6.51. The summed E-state index contributed by atoms with van der Waals surface area (Å²) in [6.07, 6.45) is 1.47. The zero-order valence-corrected chi connectivity index (χ0v) is 20.3. The summed E-state index contributed by atoms with van der Waals surface area (Å²) in [6, 6.07) is 21.6. The molecular formula is C25H20BrClN4O3. The molecule has 0 radical (unpaired) electrons. The molecule has 0 atom stereocenters. The van der Waals surface area contributed by atoms with Crippen LogP contribution in [-0.2, 0) is 16.2 Å². The van der Waals surface area contributed by atoms with Crippen LogP contribution in [0.2, 0.25) is 5.02 Å². The second-order valence-corrected chi connectivity index (χ2v) is 8.33. The molecule has 3 aromatic rings. The van der Waals surface area contributed by atoms with Gasteiger partial charge < -0.3 is 10.1 Å². The number of para-hydroxylation sites is 1. The van der Waals surface area contributed by atoms with Crippen molar-refractivity contribution in [1.29, 1.82) is 5.26 Å². The zero-order valence-electron chi connectivity index (χ0n) is 17.9. The Morgan fingerprint density at radius 1 is 1.06 bits per heavy atom. The number of carbonyl (C=O) groups is 2. The van der Waals surface area contributed by atoms with Gasteiger partial charge in [-0.15, -0.1) is 0 Å². The number of rotatable bonds is 9.